The molecule has 1 N–H and O–H groups in total. The minimum atomic E-state index is 0.639. The minimum absolute atomic E-state index is 0.639. The Morgan fingerprint density at radius 1 is 1.33 bits per heavy atom. The molecular formula is C11H11ClN2O. The normalized spacial score (nSPS) is 14.5. The Hall–Kier alpha value is -1.61. The maximum Gasteiger partial charge on any atom is 0.160 e. The number of hydroxylamine groups is 1. The van der Waals surface area contributed by atoms with E-state index in [-0.39, 0.29) is 0 Å². The molecule has 1 aromatic carbocycles. The smallest absolute Gasteiger partial charge is 0.160 e. The lowest BCUT2D eigenvalue weighted by Gasteiger charge is -2.22. The number of allylic oxidation sites excluding steroid dienone is 2. The molecule has 1 aliphatic rings. The second-order valence-electron chi connectivity index (χ2n) is 3.16. The number of nitrogens with one attached hydrogen (secondary N) is 1. The Kier molecular flexibility index (Phi) is 2.83. The summed E-state index contributed by atoms with van der Waals surface area (Å²) in [6.07, 6.45) is 5.12. The average molecular weight is 223 g/mol. The molecule has 4 heteroatoms. The van der Waals surface area contributed by atoms with Crippen LogP contribution in [0.15, 0.2) is 47.8 Å². The number of hydrogen-bond acceptors (Lipinski definition) is 3. The third-order valence-corrected chi connectivity index (χ3v) is 2.22. The highest BCUT2D eigenvalue weighted by Crippen LogP contribution is 2.18. The Morgan fingerprint density at radius 2 is 2.13 bits per heavy atom. The molecule has 0 spiro atoms. The van der Waals surface area contributed by atoms with Crippen molar-refractivity contribution in [3.63, 3.8) is 0 Å². The molecule has 0 fully saturated rings. The molecule has 0 amide bonds. The van der Waals surface area contributed by atoms with Gasteiger partial charge in [0.1, 0.15) is 0 Å². The molecule has 78 valence electrons. The number of aryl methyl sites for hydroxylation is 1. The SMILES string of the molecule is Cc1ccccc1ON1C=CC(Cl)=CN1. The molecule has 0 radical (unpaired) electrons. The van der Waals surface area contributed by atoms with Crippen molar-refractivity contribution in [3.05, 3.63) is 53.3 Å². The van der Waals surface area contributed by atoms with Crippen LogP contribution in [0.5, 0.6) is 5.75 Å². The van der Waals surface area contributed by atoms with Crippen LogP contribution in [0.1, 0.15) is 5.56 Å². The summed E-state index contributed by atoms with van der Waals surface area (Å²) in [6.45, 7) is 1.99. The number of rotatable bonds is 2. The molecule has 15 heavy (non-hydrogen) atoms. The average Bonchev–Trinajstić information content (AvgIpc) is 2.25. The standard InChI is InChI=1S/C11H11ClN2O/c1-9-4-2-3-5-11(9)15-14-7-6-10(12)8-13-14/h2-8,13H,1H3. The molecule has 0 saturated heterocycles. The van der Waals surface area contributed by atoms with Crippen LogP contribution in [0.25, 0.3) is 0 Å². The van der Waals surface area contributed by atoms with Crippen LogP contribution >= 0.6 is 11.6 Å². The highest BCUT2D eigenvalue weighted by atomic mass is 35.5. The van der Waals surface area contributed by atoms with Gasteiger partial charge in [0.05, 0.1) is 11.2 Å². The van der Waals surface area contributed by atoms with Crippen molar-refractivity contribution >= 4 is 11.6 Å². The fraction of sp³-hybridized carbons (Fsp3) is 0.0909. The largest absolute Gasteiger partial charge is 0.360 e. The maximum atomic E-state index is 5.75. The zero-order valence-electron chi connectivity index (χ0n) is 8.27. The summed E-state index contributed by atoms with van der Waals surface area (Å²) >= 11 is 5.75. The van der Waals surface area contributed by atoms with Gasteiger partial charge in [-0.3, -0.25) is 5.43 Å². The fourth-order valence-electron chi connectivity index (χ4n) is 1.18. The van der Waals surface area contributed by atoms with Crippen LogP contribution in [0.4, 0.5) is 0 Å². The van der Waals surface area contributed by atoms with Gasteiger partial charge in [-0.05, 0) is 24.6 Å². The molecule has 2 rings (SSSR count). The fourth-order valence-corrected chi connectivity index (χ4v) is 1.28. The highest BCUT2D eigenvalue weighted by Gasteiger charge is 2.05. The van der Waals surface area contributed by atoms with Crippen molar-refractivity contribution in [2.24, 2.45) is 0 Å². The van der Waals surface area contributed by atoms with Crippen molar-refractivity contribution in [1.82, 2.24) is 10.6 Å². The van der Waals surface area contributed by atoms with E-state index >= 15 is 0 Å². The van der Waals surface area contributed by atoms with Crippen LogP contribution in [0.2, 0.25) is 0 Å². The van der Waals surface area contributed by atoms with Gasteiger partial charge in [0, 0.05) is 6.20 Å². The van der Waals surface area contributed by atoms with Gasteiger partial charge in [-0.1, -0.05) is 29.8 Å². The second-order valence-corrected chi connectivity index (χ2v) is 3.59. The van der Waals surface area contributed by atoms with Gasteiger partial charge in [0.25, 0.3) is 0 Å². The molecule has 0 unspecified atom stereocenters. The Labute approximate surface area is 93.5 Å². The van der Waals surface area contributed by atoms with Crippen LogP contribution in [-0.2, 0) is 0 Å². The van der Waals surface area contributed by atoms with Gasteiger partial charge < -0.3 is 4.84 Å². The number of nitrogens with zero attached hydrogens (tertiary/aromatic N) is 1. The van der Waals surface area contributed by atoms with Crippen LogP contribution in [0.3, 0.4) is 0 Å². The van der Waals surface area contributed by atoms with E-state index in [0.29, 0.717) is 5.03 Å². The van der Waals surface area contributed by atoms with Crippen molar-refractivity contribution in [2.45, 2.75) is 6.92 Å². The monoisotopic (exact) mass is 222 g/mol. The van der Waals surface area contributed by atoms with Crippen LogP contribution < -0.4 is 10.3 Å². The van der Waals surface area contributed by atoms with Gasteiger partial charge in [0.15, 0.2) is 5.75 Å². The summed E-state index contributed by atoms with van der Waals surface area (Å²) in [5.41, 5.74) is 3.95. The molecule has 3 nitrogen and oxygen atoms in total. The van der Waals surface area contributed by atoms with Gasteiger partial charge in [-0.15, -0.1) is 5.17 Å². The Bertz CT molecular complexity index is 415. The van der Waals surface area contributed by atoms with Crippen molar-refractivity contribution < 1.29 is 4.84 Å². The topological polar surface area (TPSA) is 24.5 Å². The molecule has 1 aromatic rings. The summed E-state index contributed by atoms with van der Waals surface area (Å²) in [6, 6.07) is 7.80. The predicted molar refractivity (Wildman–Crippen MR) is 59.9 cm³/mol. The third kappa shape index (κ3) is 2.44. The van der Waals surface area contributed by atoms with Crippen LogP contribution in [0, 0.1) is 6.92 Å². The number of hydrogen-bond donors (Lipinski definition) is 1. The number of hydrazine groups is 1. The van der Waals surface area contributed by atoms with E-state index in [1.165, 1.54) is 5.17 Å². The Morgan fingerprint density at radius 3 is 2.80 bits per heavy atom. The number of halogens is 1. The first-order valence-corrected chi connectivity index (χ1v) is 4.96. The number of benzene rings is 1. The van der Waals surface area contributed by atoms with E-state index in [2.05, 4.69) is 5.43 Å². The second kappa shape index (κ2) is 4.28. The molecule has 0 aliphatic carbocycles. The van der Waals surface area contributed by atoms with Gasteiger partial charge in [-0.2, -0.15) is 0 Å². The molecular weight excluding hydrogens is 212 g/mol. The zero-order valence-corrected chi connectivity index (χ0v) is 9.03. The minimum Gasteiger partial charge on any atom is -0.360 e. The van der Waals surface area contributed by atoms with Gasteiger partial charge in [-0.25, -0.2) is 0 Å². The maximum absolute atomic E-state index is 5.75. The first-order valence-electron chi connectivity index (χ1n) is 4.58. The Balaban J connectivity index is 2.05. The summed E-state index contributed by atoms with van der Waals surface area (Å²) in [5, 5.41) is 2.13. The third-order valence-electron chi connectivity index (χ3n) is 1.99. The molecule has 1 aliphatic heterocycles. The number of para-hydroxylation sites is 1. The van der Waals surface area contributed by atoms with Gasteiger partial charge >= 0.3 is 0 Å². The molecule has 1 heterocycles. The summed E-state index contributed by atoms with van der Waals surface area (Å²) in [4.78, 5) is 5.57. The summed E-state index contributed by atoms with van der Waals surface area (Å²) < 4.78 is 0. The summed E-state index contributed by atoms with van der Waals surface area (Å²) in [7, 11) is 0. The van der Waals surface area contributed by atoms with E-state index in [1.807, 2.05) is 31.2 Å². The van der Waals surface area contributed by atoms with E-state index in [1.54, 1.807) is 18.5 Å². The first-order chi connectivity index (χ1) is 7.25. The van der Waals surface area contributed by atoms with E-state index < -0.39 is 0 Å². The van der Waals surface area contributed by atoms with Gasteiger partial charge in [0.2, 0.25) is 0 Å². The molecule has 0 aromatic heterocycles. The van der Waals surface area contributed by atoms with Crippen LogP contribution in [-0.4, -0.2) is 5.17 Å². The van der Waals surface area contributed by atoms with E-state index in [0.717, 1.165) is 11.3 Å². The van der Waals surface area contributed by atoms with Crippen molar-refractivity contribution in [1.29, 1.82) is 0 Å². The van der Waals surface area contributed by atoms with E-state index in [9.17, 15) is 0 Å². The van der Waals surface area contributed by atoms with E-state index in [4.69, 9.17) is 16.4 Å². The molecule has 0 saturated carbocycles. The zero-order chi connectivity index (χ0) is 10.7. The highest BCUT2D eigenvalue weighted by molar-refractivity contribution is 6.31. The lowest BCUT2D eigenvalue weighted by Crippen LogP contribution is -2.34. The van der Waals surface area contributed by atoms with Crippen molar-refractivity contribution in [3.8, 4) is 5.75 Å². The quantitative estimate of drug-likeness (QED) is 0.833. The summed E-state index contributed by atoms with van der Waals surface area (Å²) in [5.74, 6) is 0.807. The van der Waals surface area contributed by atoms with Crippen molar-refractivity contribution in [2.75, 3.05) is 0 Å². The lowest BCUT2D eigenvalue weighted by atomic mass is 10.2. The first kappa shape index (κ1) is 9.93. The predicted octanol–water partition coefficient (Wildman–Crippen LogP) is 2.70. The molecule has 0 atom stereocenters. The molecule has 0 bridgehead atoms. The lowest BCUT2D eigenvalue weighted by molar-refractivity contribution is -0.0440.